The number of halogens is 2. The molecule has 0 bridgehead atoms. The van der Waals surface area contributed by atoms with Gasteiger partial charge in [-0.2, -0.15) is 0 Å². The number of methoxy groups -OCH3 is 1. The van der Waals surface area contributed by atoms with Crippen molar-refractivity contribution in [1.82, 2.24) is 10.6 Å². The first-order valence-electron chi connectivity index (χ1n) is 8.52. The average molecular weight is 481 g/mol. The number of benzene rings is 1. The van der Waals surface area contributed by atoms with Gasteiger partial charge in [0, 0.05) is 26.1 Å². The number of unbranched alkanes of at least 4 members (excludes halogenated alkanes) is 1. The summed E-state index contributed by atoms with van der Waals surface area (Å²) >= 11 is 0. The van der Waals surface area contributed by atoms with Crippen molar-refractivity contribution < 1.29 is 18.7 Å². The molecule has 26 heavy (non-hydrogen) atoms. The molecule has 1 atom stereocenters. The maximum Gasteiger partial charge on any atom is 0.305 e. The third kappa shape index (κ3) is 10.4. The van der Waals surface area contributed by atoms with Crippen LogP contribution in [-0.2, 0) is 9.53 Å². The SMILES string of the molecule is CCC(CNC(=NC)NCCCCC(=O)OC)Oc1cccc(F)c1.I. The van der Waals surface area contributed by atoms with Gasteiger partial charge >= 0.3 is 5.97 Å². The average Bonchev–Trinajstić information content (AvgIpc) is 2.62. The molecule has 0 aromatic heterocycles. The Morgan fingerprint density at radius 1 is 1.31 bits per heavy atom. The molecule has 6 nitrogen and oxygen atoms in total. The predicted molar refractivity (Wildman–Crippen MR) is 112 cm³/mol. The first kappa shape index (κ1) is 24.4. The topological polar surface area (TPSA) is 72.0 Å². The van der Waals surface area contributed by atoms with E-state index in [-0.39, 0.29) is 41.9 Å². The molecular formula is C18H29FIN3O3. The Balaban J connectivity index is 0.00000625. The van der Waals surface area contributed by atoms with Gasteiger partial charge in [-0.05, 0) is 31.4 Å². The number of esters is 1. The summed E-state index contributed by atoms with van der Waals surface area (Å²) in [6.45, 7) is 3.27. The Morgan fingerprint density at radius 3 is 2.69 bits per heavy atom. The Kier molecular flexibility index (Phi) is 13.7. The second kappa shape index (κ2) is 14.6. The van der Waals surface area contributed by atoms with Gasteiger partial charge in [0.2, 0.25) is 0 Å². The highest BCUT2D eigenvalue weighted by atomic mass is 127. The molecule has 0 aliphatic heterocycles. The number of nitrogens with zero attached hydrogens (tertiary/aromatic N) is 1. The summed E-state index contributed by atoms with van der Waals surface area (Å²) in [7, 11) is 3.08. The number of hydrogen-bond acceptors (Lipinski definition) is 4. The molecule has 148 valence electrons. The number of carbonyl (C=O) groups excluding carboxylic acids is 1. The largest absolute Gasteiger partial charge is 0.489 e. The van der Waals surface area contributed by atoms with Gasteiger partial charge in [-0.3, -0.25) is 9.79 Å². The number of aliphatic imine (C=N–C) groups is 1. The van der Waals surface area contributed by atoms with E-state index in [0.29, 0.717) is 31.2 Å². The molecule has 8 heteroatoms. The third-order valence-corrected chi connectivity index (χ3v) is 3.60. The minimum atomic E-state index is -0.315. The first-order chi connectivity index (χ1) is 12.1. The highest BCUT2D eigenvalue weighted by Gasteiger charge is 2.10. The maximum absolute atomic E-state index is 13.2. The Hall–Kier alpha value is -1.58. The normalized spacial score (nSPS) is 11.9. The molecular weight excluding hydrogens is 452 g/mol. The number of ether oxygens (including phenoxy) is 2. The van der Waals surface area contributed by atoms with Crippen molar-refractivity contribution >= 4 is 35.9 Å². The van der Waals surface area contributed by atoms with E-state index >= 15 is 0 Å². The summed E-state index contributed by atoms with van der Waals surface area (Å²) in [4.78, 5) is 15.2. The highest BCUT2D eigenvalue weighted by molar-refractivity contribution is 14.0. The Labute approximate surface area is 172 Å². The molecule has 1 aromatic carbocycles. The Bertz CT molecular complexity index is 558. The van der Waals surface area contributed by atoms with Crippen molar-refractivity contribution in [3.8, 4) is 5.75 Å². The zero-order valence-corrected chi connectivity index (χ0v) is 17.9. The van der Waals surface area contributed by atoms with E-state index in [1.807, 2.05) is 6.92 Å². The van der Waals surface area contributed by atoms with Gasteiger partial charge in [-0.25, -0.2) is 4.39 Å². The number of hydrogen-bond donors (Lipinski definition) is 2. The lowest BCUT2D eigenvalue weighted by Crippen LogP contribution is -2.42. The van der Waals surface area contributed by atoms with E-state index in [2.05, 4.69) is 20.4 Å². The van der Waals surface area contributed by atoms with Crippen LogP contribution < -0.4 is 15.4 Å². The standard InChI is InChI=1S/C18H28FN3O3.HI/c1-4-15(25-16-9-7-8-14(19)12-16)13-22-18(20-2)21-11-6-5-10-17(23)24-3;/h7-9,12,15H,4-6,10-11,13H2,1-3H3,(H2,20,21,22);1H. The van der Waals surface area contributed by atoms with Gasteiger partial charge in [0.1, 0.15) is 17.7 Å². The molecule has 0 fully saturated rings. The van der Waals surface area contributed by atoms with Crippen LogP contribution in [0.4, 0.5) is 4.39 Å². The second-order valence-corrected chi connectivity index (χ2v) is 5.52. The van der Waals surface area contributed by atoms with E-state index < -0.39 is 0 Å². The van der Waals surface area contributed by atoms with E-state index in [0.717, 1.165) is 19.3 Å². The van der Waals surface area contributed by atoms with Crippen molar-refractivity contribution in [2.24, 2.45) is 4.99 Å². The fourth-order valence-corrected chi connectivity index (χ4v) is 2.14. The van der Waals surface area contributed by atoms with Crippen molar-refractivity contribution in [2.75, 3.05) is 27.2 Å². The summed E-state index contributed by atoms with van der Waals surface area (Å²) in [5.74, 6) is 0.673. The molecule has 0 amide bonds. The molecule has 0 aliphatic carbocycles. The van der Waals surface area contributed by atoms with Crippen LogP contribution in [0.3, 0.4) is 0 Å². The third-order valence-electron chi connectivity index (χ3n) is 3.60. The molecule has 1 unspecified atom stereocenters. The molecule has 1 aromatic rings. The minimum Gasteiger partial charge on any atom is -0.489 e. The van der Waals surface area contributed by atoms with Gasteiger partial charge in [-0.15, -0.1) is 24.0 Å². The molecule has 0 aliphatic rings. The van der Waals surface area contributed by atoms with Crippen LogP contribution in [-0.4, -0.2) is 45.3 Å². The van der Waals surface area contributed by atoms with E-state index in [9.17, 15) is 9.18 Å². The lowest BCUT2D eigenvalue weighted by Gasteiger charge is -2.20. The van der Waals surface area contributed by atoms with Crippen molar-refractivity contribution in [1.29, 1.82) is 0 Å². The van der Waals surface area contributed by atoms with Gasteiger partial charge in [0.15, 0.2) is 5.96 Å². The summed E-state index contributed by atoms with van der Waals surface area (Å²) in [6, 6.07) is 6.12. The molecule has 2 N–H and O–H groups in total. The van der Waals surface area contributed by atoms with Crippen LogP contribution in [0.2, 0.25) is 0 Å². The smallest absolute Gasteiger partial charge is 0.305 e. The molecule has 0 saturated carbocycles. The first-order valence-corrected chi connectivity index (χ1v) is 8.52. The van der Waals surface area contributed by atoms with E-state index in [1.165, 1.54) is 19.2 Å². The summed E-state index contributed by atoms with van der Waals surface area (Å²) in [5.41, 5.74) is 0. The van der Waals surface area contributed by atoms with Crippen molar-refractivity contribution in [3.05, 3.63) is 30.1 Å². The van der Waals surface area contributed by atoms with E-state index in [4.69, 9.17) is 4.74 Å². The number of nitrogens with one attached hydrogen (secondary N) is 2. The number of rotatable bonds is 10. The van der Waals surface area contributed by atoms with E-state index in [1.54, 1.807) is 19.2 Å². The lowest BCUT2D eigenvalue weighted by atomic mass is 10.2. The number of carbonyl (C=O) groups is 1. The molecule has 0 spiro atoms. The monoisotopic (exact) mass is 481 g/mol. The highest BCUT2D eigenvalue weighted by Crippen LogP contribution is 2.14. The van der Waals surface area contributed by atoms with Crippen molar-refractivity contribution in [2.45, 2.75) is 38.7 Å². The van der Waals surface area contributed by atoms with Crippen LogP contribution in [0.15, 0.2) is 29.3 Å². The lowest BCUT2D eigenvalue weighted by molar-refractivity contribution is -0.140. The molecule has 0 saturated heterocycles. The van der Waals surface area contributed by atoms with Crippen LogP contribution >= 0.6 is 24.0 Å². The fourth-order valence-electron chi connectivity index (χ4n) is 2.14. The van der Waals surface area contributed by atoms with Crippen molar-refractivity contribution in [3.63, 3.8) is 0 Å². The van der Waals surface area contributed by atoms with Crippen LogP contribution in [0, 0.1) is 5.82 Å². The van der Waals surface area contributed by atoms with Crippen LogP contribution in [0.5, 0.6) is 5.75 Å². The zero-order valence-electron chi connectivity index (χ0n) is 15.6. The van der Waals surface area contributed by atoms with Crippen LogP contribution in [0.25, 0.3) is 0 Å². The number of guanidine groups is 1. The van der Waals surface area contributed by atoms with Gasteiger partial charge in [-0.1, -0.05) is 13.0 Å². The summed E-state index contributed by atoms with van der Waals surface area (Å²) in [5, 5.41) is 6.38. The summed E-state index contributed by atoms with van der Waals surface area (Å²) in [6.07, 6.45) is 2.70. The maximum atomic E-state index is 13.2. The zero-order chi connectivity index (χ0) is 18.5. The van der Waals surface area contributed by atoms with Gasteiger partial charge < -0.3 is 20.1 Å². The second-order valence-electron chi connectivity index (χ2n) is 5.52. The Morgan fingerprint density at radius 2 is 2.08 bits per heavy atom. The minimum absolute atomic E-state index is 0. The molecule has 1 rings (SSSR count). The summed E-state index contributed by atoms with van der Waals surface area (Å²) < 4.78 is 23.6. The molecule has 0 radical (unpaired) electrons. The van der Waals surface area contributed by atoms with Gasteiger partial charge in [0.05, 0.1) is 13.7 Å². The molecule has 0 heterocycles. The fraction of sp³-hybridized carbons (Fsp3) is 0.556. The quantitative estimate of drug-likeness (QED) is 0.177. The predicted octanol–water partition coefficient (Wildman–Crippen LogP) is 3.11. The van der Waals surface area contributed by atoms with Crippen LogP contribution in [0.1, 0.15) is 32.6 Å². The van der Waals surface area contributed by atoms with Gasteiger partial charge in [0.25, 0.3) is 0 Å².